The van der Waals surface area contributed by atoms with Crippen LogP contribution in [0.2, 0.25) is 0 Å². The molecule has 0 rings (SSSR count). The molecule has 3 nitrogen and oxygen atoms in total. The molecular weight excluding hydrogens is 154 g/mol. The number of hydrogen-bond acceptors (Lipinski definition) is 2. The summed E-state index contributed by atoms with van der Waals surface area (Å²) in [5, 5.41) is 8.84. The second-order valence-corrected chi connectivity index (χ2v) is 3.55. The van der Waals surface area contributed by atoms with E-state index >= 15 is 0 Å². The van der Waals surface area contributed by atoms with E-state index in [-0.39, 0.29) is 5.92 Å². The minimum atomic E-state index is -1.13. The molecule has 0 radical (unpaired) electrons. The van der Waals surface area contributed by atoms with E-state index in [1.807, 2.05) is 13.8 Å². The van der Waals surface area contributed by atoms with Crippen LogP contribution < -0.4 is 5.73 Å². The number of rotatable bonds is 5. The minimum absolute atomic E-state index is 0.283. The molecule has 0 heterocycles. The standard InChI is InChI=1S/C9H17NO2/c1-4-5-9(10,8(11)12)6-7(2)3/h4,7H,1,5-6,10H2,2-3H3,(H,11,12). The van der Waals surface area contributed by atoms with Crippen LogP contribution in [0.25, 0.3) is 0 Å². The summed E-state index contributed by atoms with van der Waals surface area (Å²) < 4.78 is 0. The highest BCUT2D eigenvalue weighted by Gasteiger charge is 2.32. The van der Waals surface area contributed by atoms with Crippen LogP contribution in [0, 0.1) is 5.92 Å². The van der Waals surface area contributed by atoms with Crippen LogP contribution >= 0.6 is 0 Å². The van der Waals surface area contributed by atoms with Gasteiger partial charge in [0.25, 0.3) is 0 Å². The van der Waals surface area contributed by atoms with E-state index in [9.17, 15) is 4.79 Å². The number of carboxylic acids is 1. The fourth-order valence-corrected chi connectivity index (χ4v) is 1.24. The van der Waals surface area contributed by atoms with Gasteiger partial charge in [0.2, 0.25) is 0 Å². The normalized spacial score (nSPS) is 15.7. The third-order valence-electron chi connectivity index (χ3n) is 1.71. The largest absolute Gasteiger partial charge is 0.480 e. The molecule has 0 fully saturated rings. The van der Waals surface area contributed by atoms with Crippen molar-refractivity contribution in [1.29, 1.82) is 0 Å². The molecule has 0 aliphatic rings. The fourth-order valence-electron chi connectivity index (χ4n) is 1.24. The lowest BCUT2D eigenvalue weighted by molar-refractivity contribution is -0.143. The van der Waals surface area contributed by atoms with Crippen molar-refractivity contribution in [2.45, 2.75) is 32.2 Å². The second kappa shape index (κ2) is 4.26. The summed E-state index contributed by atoms with van der Waals surface area (Å²) >= 11 is 0. The summed E-state index contributed by atoms with van der Waals surface area (Å²) in [4.78, 5) is 10.8. The van der Waals surface area contributed by atoms with Gasteiger partial charge < -0.3 is 10.8 Å². The van der Waals surface area contributed by atoms with Crippen molar-refractivity contribution in [3.8, 4) is 0 Å². The molecule has 0 aromatic carbocycles. The van der Waals surface area contributed by atoms with E-state index < -0.39 is 11.5 Å². The molecule has 12 heavy (non-hydrogen) atoms. The molecule has 0 saturated carbocycles. The molecule has 70 valence electrons. The van der Waals surface area contributed by atoms with Gasteiger partial charge in [0.1, 0.15) is 5.54 Å². The topological polar surface area (TPSA) is 63.3 Å². The molecule has 1 atom stereocenters. The molecule has 1 unspecified atom stereocenters. The zero-order valence-electron chi connectivity index (χ0n) is 7.71. The first-order valence-electron chi connectivity index (χ1n) is 4.05. The Labute approximate surface area is 73.3 Å². The van der Waals surface area contributed by atoms with Crippen molar-refractivity contribution < 1.29 is 9.90 Å². The van der Waals surface area contributed by atoms with Crippen molar-refractivity contribution in [2.75, 3.05) is 0 Å². The fraction of sp³-hybridized carbons (Fsp3) is 0.667. The smallest absolute Gasteiger partial charge is 0.324 e. The Bertz CT molecular complexity index is 177. The Morgan fingerprint density at radius 1 is 1.75 bits per heavy atom. The van der Waals surface area contributed by atoms with Gasteiger partial charge in [0.05, 0.1) is 0 Å². The Hall–Kier alpha value is -0.830. The van der Waals surface area contributed by atoms with Crippen molar-refractivity contribution >= 4 is 5.97 Å². The maximum absolute atomic E-state index is 10.8. The molecule has 0 saturated heterocycles. The predicted octanol–water partition coefficient (Wildman–Crippen LogP) is 1.39. The van der Waals surface area contributed by atoms with Gasteiger partial charge in [0, 0.05) is 0 Å². The van der Waals surface area contributed by atoms with E-state index in [1.165, 1.54) is 0 Å². The summed E-state index contributed by atoms with van der Waals surface area (Å²) in [5.41, 5.74) is 4.55. The van der Waals surface area contributed by atoms with E-state index in [0.717, 1.165) is 0 Å². The number of nitrogens with two attached hydrogens (primary N) is 1. The van der Waals surface area contributed by atoms with Crippen LogP contribution in [-0.2, 0) is 4.79 Å². The molecule has 0 spiro atoms. The maximum atomic E-state index is 10.8. The lowest BCUT2D eigenvalue weighted by atomic mass is 9.87. The molecule has 0 aromatic rings. The van der Waals surface area contributed by atoms with Crippen LogP contribution in [0.4, 0.5) is 0 Å². The second-order valence-electron chi connectivity index (χ2n) is 3.55. The zero-order valence-corrected chi connectivity index (χ0v) is 7.71. The lowest BCUT2D eigenvalue weighted by Crippen LogP contribution is -2.48. The van der Waals surface area contributed by atoms with Crippen LogP contribution in [0.1, 0.15) is 26.7 Å². The third kappa shape index (κ3) is 3.05. The van der Waals surface area contributed by atoms with Crippen LogP contribution in [0.3, 0.4) is 0 Å². The van der Waals surface area contributed by atoms with Crippen molar-refractivity contribution in [3.63, 3.8) is 0 Å². The summed E-state index contributed by atoms with van der Waals surface area (Å²) in [7, 11) is 0. The first-order valence-corrected chi connectivity index (χ1v) is 4.05. The molecule has 0 aromatic heterocycles. The third-order valence-corrected chi connectivity index (χ3v) is 1.71. The van der Waals surface area contributed by atoms with Gasteiger partial charge in [-0.3, -0.25) is 4.79 Å². The quantitative estimate of drug-likeness (QED) is 0.614. The van der Waals surface area contributed by atoms with Crippen LogP contribution in [0.15, 0.2) is 12.7 Å². The molecular formula is C9H17NO2. The maximum Gasteiger partial charge on any atom is 0.324 e. The van der Waals surface area contributed by atoms with Gasteiger partial charge in [-0.25, -0.2) is 0 Å². The first-order chi connectivity index (χ1) is 5.42. The molecule has 0 amide bonds. The monoisotopic (exact) mass is 171 g/mol. The van der Waals surface area contributed by atoms with Crippen molar-refractivity contribution in [1.82, 2.24) is 0 Å². The first kappa shape index (κ1) is 11.2. The van der Waals surface area contributed by atoms with E-state index in [0.29, 0.717) is 12.8 Å². The van der Waals surface area contributed by atoms with Crippen LogP contribution in [-0.4, -0.2) is 16.6 Å². The van der Waals surface area contributed by atoms with Gasteiger partial charge in [0.15, 0.2) is 0 Å². The number of carboxylic acid groups (broad SMARTS) is 1. The lowest BCUT2D eigenvalue weighted by Gasteiger charge is -2.24. The zero-order chi connectivity index (χ0) is 9.78. The van der Waals surface area contributed by atoms with Gasteiger partial charge in [-0.1, -0.05) is 19.9 Å². The number of carbonyl (C=O) groups is 1. The molecule has 0 aliphatic carbocycles. The molecule has 3 heteroatoms. The predicted molar refractivity (Wildman–Crippen MR) is 48.8 cm³/mol. The minimum Gasteiger partial charge on any atom is -0.480 e. The molecule has 0 aliphatic heterocycles. The molecule has 3 N–H and O–H groups in total. The number of aliphatic carboxylic acids is 1. The summed E-state index contributed by atoms with van der Waals surface area (Å²) in [6, 6.07) is 0. The van der Waals surface area contributed by atoms with Gasteiger partial charge >= 0.3 is 5.97 Å². The van der Waals surface area contributed by atoms with Gasteiger partial charge in [-0.2, -0.15) is 0 Å². The van der Waals surface area contributed by atoms with Crippen molar-refractivity contribution in [2.24, 2.45) is 11.7 Å². The highest BCUT2D eigenvalue weighted by molar-refractivity contribution is 5.78. The SMILES string of the molecule is C=CCC(N)(CC(C)C)C(=O)O. The van der Waals surface area contributed by atoms with Gasteiger partial charge in [-0.05, 0) is 18.8 Å². The average molecular weight is 171 g/mol. The summed E-state index contributed by atoms with van der Waals surface area (Å²) in [5.74, 6) is -0.665. The average Bonchev–Trinajstić information content (AvgIpc) is 1.85. The highest BCUT2D eigenvalue weighted by Crippen LogP contribution is 2.18. The van der Waals surface area contributed by atoms with E-state index in [2.05, 4.69) is 6.58 Å². The van der Waals surface area contributed by atoms with E-state index in [1.54, 1.807) is 6.08 Å². The van der Waals surface area contributed by atoms with Crippen LogP contribution in [0.5, 0.6) is 0 Å². The van der Waals surface area contributed by atoms with Gasteiger partial charge in [-0.15, -0.1) is 6.58 Å². The summed E-state index contributed by atoms with van der Waals surface area (Å²) in [6.07, 6.45) is 2.35. The Morgan fingerprint density at radius 2 is 2.25 bits per heavy atom. The Morgan fingerprint density at radius 3 is 2.50 bits per heavy atom. The Balaban J connectivity index is 4.38. The molecule has 0 bridgehead atoms. The summed E-state index contributed by atoms with van der Waals surface area (Å²) in [6.45, 7) is 7.40. The highest BCUT2D eigenvalue weighted by atomic mass is 16.4. The Kier molecular flexibility index (Phi) is 3.96. The van der Waals surface area contributed by atoms with Crippen molar-refractivity contribution in [3.05, 3.63) is 12.7 Å². The van der Waals surface area contributed by atoms with E-state index in [4.69, 9.17) is 10.8 Å². The number of hydrogen-bond donors (Lipinski definition) is 2.